The van der Waals surface area contributed by atoms with Crippen molar-refractivity contribution in [3.05, 3.63) is 65.7 Å². The molecule has 0 unspecified atom stereocenters. The van der Waals surface area contributed by atoms with Crippen LogP contribution in [-0.2, 0) is 14.4 Å². The molecular formula is C30H35N3O7. The first-order chi connectivity index (χ1) is 18.9. The van der Waals surface area contributed by atoms with Crippen molar-refractivity contribution in [2.75, 3.05) is 13.1 Å². The van der Waals surface area contributed by atoms with Gasteiger partial charge in [-0.05, 0) is 42.2 Å². The van der Waals surface area contributed by atoms with E-state index in [2.05, 4.69) is 16.6 Å². The van der Waals surface area contributed by atoms with E-state index >= 15 is 0 Å². The number of terminal acetylenes is 1. The number of hydrogen-bond donors (Lipinski definition) is 4. The van der Waals surface area contributed by atoms with Gasteiger partial charge >= 0.3 is 12.1 Å². The predicted octanol–water partition coefficient (Wildman–Crippen LogP) is 2.71. The number of likely N-dealkylation sites (tertiary alicyclic amines) is 1. The summed E-state index contributed by atoms with van der Waals surface area (Å²) in [5.74, 6) is -0.307. The molecule has 1 heterocycles. The summed E-state index contributed by atoms with van der Waals surface area (Å²) in [4.78, 5) is 52.5. The SMILES string of the molecule is C#Cc1ccc([C@H](C)NC(=O)[C@@H]2C[C@@H](O)CN2C(=O)[C@@H](CNC(=O)Oc2ccccc2)C(C)(C)CC(=O)O)cc1. The van der Waals surface area contributed by atoms with Crippen LogP contribution < -0.4 is 15.4 Å². The van der Waals surface area contributed by atoms with Gasteiger partial charge in [0.05, 0.1) is 24.5 Å². The standard InChI is InChI=1S/C30H35N3O7/c1-5-20-11-13-21(14-12-20)19(2)32-27(37)25-15-22(34)18-33(25)28(38)24(30(3,4)16-26(35)36)17-31-29(39)40-23-9-7-6-8-10-23/h1,6-14,19,22,24-25,34H,15-18H2,2-4H3,(H,31,39)(H,32,37)(H,35,36)/t19-,22+,24+,25-/m0/s1. The van der Waals surface area contributed by atoms with E-state index in [1.54, 1.807) is 75.4 Å². The van der Waals surface area contributed by atoms with Gasteiger partial charge in [0.25, 0.3) is 0 Å². The molecule has 1 saturated heterocycles. The van der Waals surface area contributed by atoms with Gasteiger partial charge in [-0.25, -0.2) is 4.79 Å². The van der Waals surface area contributed by atoms with E-state index in [0.29, 0.717) is 11.3 Å². The van der Waals surface area contributed by atoms with E-state index in [0.717, 1.165) is 5.56 Å². The number of nitrogens with one attached hydrogen (secondary N) is 2. The van der Waals surface area contributed by atoms with Crippen LogP contribution in [0.15, 0.2) is 54.6 Å². The fraction of sp³-hybridized carbons (Fsp3) is 0.400. The number of rotatable bonds is 10. The van der Waals surface area contributed by atoms with Gasteiger partial charge in [0.15, 0.2) is 0 Å². The number of carbonyl (C=O) groups is 4. The van der Waals surface area contributed by atoms with Crippen LogP contribution in [0.25, 0.3) is 0 Å². The molecule has 10 heteroatoms. The van der Waals surface area contributed by atoms with Gasteiger partial charge < -0.3 is 30.5 Å². The molecule has 1 aliphatic heterocycles. The molecule has 0 aliphatic carbocycles. The smallest absolute Gasteiger partial charge is 0.412 e. The Bertz CT molecular complexity index is 1250. The molecule has 10 nitrogen and oxygen atoms in total. The number of carboxylic acid groups (broad SMARTS) is 1. The first-order valence-electron chi connectivity index (χ1n) is 13.0. The summed E-state index contributed by atoms with van der Waals surface area (Å²) < 4.78 is 5.23. The maximum atomic E-state index is 13.9. The number of para-hydroxylation sites is 1. The molecule has 0 spiro atoms. The lowest BCUT2D eigenvalue weighted by atomic mass is 9.75. The number of benzene rings is 2. The minimum Gasteiger partial charge on any atom is -0.481 e. The zero-order valence-electron chi connectivity index (χ0n) is 22.8. The summed E-state index contributed by atoms with van der Waals surface area (Å²) >= 11 is 0. The Morgan fingerprint density at radius 1 is 1.12 bits per heavy atom. The summed E-state index contributed by atoms with van der Waals surface area (Å²) in [5.41, 5.74) is 0.406. The molecule has 3 amide bonds. The van der Waals surface area contributed by atoms with Crippen molar-refractivity contribution < 1.29 is 34.1 Å². The third kappa shape index (κ3) is 7.83. The topological polar surface area (TPSA) is 145 Å². The second-order valence-corrected chi connectivity index (χ2v) is 10.6. The van der Waals surface area contributed by atoms with Crippen molar-refractivity contribution in [1.82, 2.24) is 15.5 Å². The van der Waals surface area contributed by atoms with Crippen molar-refractivity contribution in [2.24, 2.45) is 11.3 Å². The van der Waals surface area contributed by atoms with Crippen molar-refractivity contribution in [3.8, 4) is 18.1 Å². The Morgan fingerprint density at radius 2 is 1.77 bits per heavy atom. The number of ether oxygens (including phenoxy) is 1. The molecule has 2 aromatic rings. The average molecular weight is 550 g/mol. The maximum Gasteiger partial charge on any atom is 0.412 e. The molecule has 40 heavy (non-hydrogen) atoms. The molecule has 4 atom stereocenters. The predicted molar refractivity (Wildman–Crippen MR) is 147 cm³/mol. The highest BCUT2D eigenvalue weighted by Gasteiger charge is 2.46. The third-order valence-corrected chi connectivity index (χ3v) is 7.05. The van der Waals surface area contributed by atoms with Crippen molar-refractivity contribution in [3.63, 3.8) is 0 Å². The monoisotopic (exact) mass is 549 g/mol. The van der Waals surface area contributed by atoms with Gasteiger partial charge in [-0.1, -0.05) is 50.1 Å². The van der Waals surface area contributed by atoms with E-state index in [9.17, 15) is 29.4 Å². The summed E-state index contributed by atoms with van der Waals surface area (Å²) in [6.07, 6.45) is 3.32. The Hall–Kier alpha value is -4.36. The fourth-order valence-electron chi connectivity index (χ4n) is 4.79. The number of aliphatic carboxylic acids is 1. The first-order valence-corrected chi connectivity index (χ1v) is 13.0. The van der Waals surface area contributed by atoms with Crippen LogP contribution in [0, 0.1) is 23.7 Å². The second-order valence-electron chi connectivity index (χ2n) is 10.6. The van der Waals surface area contributed by atoms with Gasteiger partial charge in [-0.15, -0.1) is 6.42 Å². The van der Waals surface area contributed by atoms with Gasteiger partial charge in [0.2, 0.25) is 11.8 Å². The average Bonchev–Trinajstić information content (AvgIpc) is 3.30. The van der Waals surface area contributed by atoms with Gasteiger partial charge in [0.1, 0.15) is 11.8 Å². The van der Waals surface area contributed by atoms with Crippen LogP contribution in [-0.4, -0.2) is 64.2 Å². The molecule has 0 radical (unpaired) electrons. The van der Waals surface area contributed by atoms with Gasteiger partial charge in [-0.3, -0.25) is 14.4 Å². The van der Waals surface area contributed by atoms with Crippen LogP contribution in [0.2, 0.25) is 0 Å². The lowest BCUT2D eigenvalue weighted by Crippen LogP contribution is -2.53. The molecule has 0 aromatic heterocycles. The van der Waals surface area contributed by atoms with Gasteiger partial charge in [-0.2, -0.15) is 0 Å². The Balaban J connectivity index is 1.76. The summed E-state index contributed by atoms with van der Waals surface area (Å²) in [5, 5.41) is 25.3. The highest BCUT2D eigenvalue weighted by Crippen LogP contribution is 2.34. The summed E-state index contributed by atoms with van der Waals surface area (Å²) in [6.45, 7) is 4.68. The third-order valence-electron chi connectivity index (χ3n) is 7.05. The van der Waals surface area contributed by atoms with E-state index in [1.807, 2.05) is 0 Å². The number of hydrogen-bond acceptors (Lipinski definition) is 6. The second kappa shape index (κ2) is 13.1. The van der Waals surface area contributed by atoms with Crippen molar-refractivity contribution >= 4 is 23.9 Å². The normalized spacial score (nSPS) is 18.2. The Labute approximate surface area is 233 Å². The molecule has 1 fully saturated rings. The number of carbonyl (C=O) groups excluding carboxylic acids is 3. The molecule has 2 aromatic carbocycles. The van der Waals surface area contributed by atoms with E-state index in [4.69, 9.17) is 11.2 Å². The van der Waals surface area contributed by atoms with Crippen LogP contribution in [0.3, 0.4) is 0 Å². The minimum atomic E-state index is -1.12. The largest absolute Gasteiger partial charge is 0.481 e. The molecule has 4 N–H and O–H groups in total. The lowest BCUT2D eigenvalue weighted by Gasteiger charge is -2.36. The van der Waals surface area contributed by atoms with Crippen LogP contribution in [0.5, 0.6) is 5.75 Å². The Morgan fingerprint density at radius 3 is 2.38 bits per heavy atom. The maximum absolute atomic E-state index is 13.9. The molecular weight excluding hydrogens is 514 g/mol. The zero-order valence-corrected chi connectivity index (χ0v) is 22.8. The minimum absolute atomic E-state index is 0.0237. The number of aliphatic hydroxyl groups excluding tert-OH is 1. The quantitative estimate of drug-likeness (QED) is 0.334. The number of carboxylic acids is 1. The van der Waals surface area contributed by atoms with Crippen molar-refractivity contribution in [2.45, 2.75) is 51.8 Å². The summed E-state index contributed by atoms with van der Waals surface area (Å²) in [6, 6.07) is 14.1. The summed E-state index contributed by atoms with van der Waals surface area (Å²) in [7, 11) is 0. The highest BCUT2D eigenvalue weighted by molar-refractivity contribution is 5.90. The Kier molecular flexibility index (Phi) is 9.91. The van der Waals surface area contributed by atoms with Crippen LogP contribution in [0.4, 0.5) is 4.79 Å². The number of β-amino-alcohol motifs (C(OH)–C–C–N with tert-alkyl or cyclic N) is 1. The molecule has 3 rings (SSSR count). The van der Waals surface area contributed by atoms with E-state index < -0.39 is 53.4 Å². The number of aliphatic hydroxyl groups is 1. The highest BCUT2D eigenvalue weighted by atomic mass is 16.6. The lowest BCUT2D eigenvalue weighted by molar-refractivity contribution is -0.148. The number of nitrogens with zero attached hydrogens (tertiary/aromatic N) is 1. The van der Waals surface area contributed by atoms with Crippen LogP contribution >= 0.6 is 0 Å². The molecule has 0 saturated carbocycles. The van der Waals surface area contributed by atoms with E-state index in [-0.39, 0.29) is 25.9 Å². The fourth-order valence-corrected chi connectivity index (χ4v) is 4.79. The first kappa shape index (κ1) is 30.2. The molecule has 0 bridgehead atoms. The van der Waals surface area contributed by atoms with Crippen molar-refractivity contribution in [1.29, 1.82) is 0 Å². The molecule has 212 valence electrons. The van der Waals surface area contributed by atoms with E-state index in [1.165, 1.54) is 4.90 Å². The number of amides is 3. The zero-order chi connectivity index (χ0) is 29.4. The van der Waals surface area contributed by atoms with Crippen LogP contribution in [0.1, 0.15) is 50.8 Å². The molecule has 1 aliphatic rings. The van der Waals surface area contributed by atoms with Gasteiger partial charge in [0, 0.05) is 25.1 Å².